The zero-order valence-corrected chi connectivity index (χ0v) is 16.8. The van der Waals surface area contributed by atoms with Gasteiger partial charge in [-0.1, -0.05) is 48.5 Å². The molecule has 2 aromatic carbocycles. The second-order valence-corrected chi connectivity index (χ2v) is 6.81. The Morgan fingerprint density at radius 2 is 1.75 bits per heavy atom. The van der Waals surface area contributed by atoms with Crippen LogP contribution in [0.15, 0.2) is 48.5 Å². The Morgan fingerprint density at radius 1 is 1.00 bits per heavy atom. The minimum absolute atomic E-state index is 0. The SMILES string of the molecule is CN(Cc1ccccc1)C(=O)NCCC(=O)NCc1ccc2c(c1)CNC2.Cl. The topological polar surface area (TPSA) is 73.5 Å². The Morgan fingerprint density at radius 3 is 2.54 bits per heavy atom. The largest absolute Gasteiger partial charge is 0.352 e. The van der Waals surface area contributed by atoms with Crippen LogP contribution in [-0.2, 0) is 31.0 Å². The van der Waals surface area contributed by atoms with Crippen molar-refractivity contribution in [2.24, 2.45) is 0 Å². The quantitative estimate of drug-likeness (QED) is 0.666. The van der Waals surface area contributed by atoms with Gasteiger partial charge in [0.1, 0.15) is 0 Å². The highest BCUT2D eigenvalue weighted by atomic mass is 35.5. The molecule has 28 heavy (non-hydrogen) atoms. The van der Waals surface area contributed by atoms with E-state index in [9.17, 15) is 9.59 Å². The fraction of sp³-hybridized carbons (Fsp3) is 0.333. The molecule has 0 fully saturated rings. The molecule has 0 aliphatic carbocycles. The number of hydrogen-bond acceptors (Lipinski definition) is 3. The highest BCUT2D eigenvalue weighted by Crippen LogP contribution is 2.16. The van der Waals surface area contributed by atoms with Crippen LogP contribution in [0.2, 0.25) is 0 Å². The van der Waals surface area contributed by atoms with Gasteiger partial charge < -0.3 is 20.9 Å². The highest BCUT2D eigenvalue weighted by Gasteiger charge is 2.11. The summed E-state index contributed by atoms with van der Waals surface area (Å²) in [6.07, 6.45) is 0.261. The van der Waals surface area contributed by atoms with Crippen molar-refractivity contribution in [3.05, 3.63) is 70.8 Å². The van der Waals surface area contributed by atoms with E-state index in [4.69, 9.17) is 0 Å². The summed E-state index contributed by atoms with van der Waals surface area (Å²) in [4.78, 5) is 25.7. The average Bonchev–Trinajstić information content (AvgIpc) is 3.15. The van der Waals surface area contributed by atoms with Gasteiger partial charge in [-0.05, 0) is 22.3 Å². The van der Waals surface area contributed by atoms with Crippen molar-refractivity contribution >= 4 is 24.3 Å². The van der Waals surface area contributed by atoms with E-state index in [1.807, 2.05) is 36.4 Å². The predicted molar refractivity (Wildman–Crippen MR) is 112 cm³/mol. The maximum atomic E-state index is 12.1. The first-order valence-corrected chi connectivity index (χ1v) is 9.23. The third-order valence-corrected chi connectivity index (χ3v) is 4.63. The molecular weight excluding hydrogens is 376 g/mol. The Kier molecular flexibility index (Phi) is 8.29. The number of rotatable bonds is 7. The molecule has 1 aliphatic rings. The normalized spacial score (nSPS) is 11.9. The van der Waals surface area contributed by atoms with E-state index in [0.717, 1.165) is 24.2 Å². The van der Waals surface area contributed by atoms with Crippen LogP contribution in [0.3, 0.4) is 0 Å². The van der Waals surface area contributed by atoms with Crippen LogP contribution in [0.4, 0.5) is 4.79 Å². The summed E-state index contributed by atoms with van der Waals surface area (Å²) in [5, 5.41) is 9.00. The van der Waals surface area contributed by atoms with E-state index in [2.05, 4.69) is 28.1 Å². The van der Waals surface area contributed by atoms with E-state index < -0.39 is 0 Å². The molecule has 6 nitrogen and oxygen atoms in total. The van der Waals surface area contributed by atoms with Crippen LogP contribution in [0.5, 0.6) is 0 Å². The molecule has 2 aromatic rings. The minimum Gasteiger partial charge on any atom is -0.352 e. The number of nitrogens with zero attached hydrogens (tertiary/aromatic N) is 1. The summed E-state index contributed by atoms with van der Waals surface area (Å²) in [6, 6.07) is 15.9. The standard InChI is InChI=1S/C21H26N4O2.ClH/c1-25(15-16-5-3-2-4-6-16)21(27)23-10-9-20(26)24-12-17-7-8-18-13-22-14-19(18)11-17;/h2-8,11,22H,9-10,12-15H2,1H3,(H,23,27)(H,24,26);1H. The number of nitrogens with one attached hydrogen (secondary N) is 3. The van der Waals surface area contributed by atoms with Crippen LogP contribution in [-0.4, -0.2) is 30.4 Å². The predicted octanol–water partition coefficient (Wildman–Crippen LogP) is 2.56. The van der Waals surface area contributed by atoms with Crippen molar-refractivity contribution in [3.8, 4) is 0 Å². The highest BCUT2D eigenvalue weighted by molar-refractivity contribution is 5.85. The van der Waals surface area contributed by atoms with E-state index in [1.54, 1.807) is 11.9 Å². The molecule has 0 unspecified atom stereocenters. The van der Waals surface area contributed by atoms with Crippen LogP contribution < -0.4 is 16.0 Å². The number of carbonyl (C=O) groups excluding carboxylic acids is 2. The van der Waals surface area contributed by atoms with E-state index >= 15 is 0 Å². The van der Waals surface area contributed by atoms with Gasteiger partial charge in [0.15, 0.2) is 0 Å². The molecule has 0 spiro atoms. The zero-order chi connectivity index (χ0) is 19.1. The van der Waals surface area contributed by atoms with Crippen molar-refractivity contribution in [2.45, 2.75) is 32.6 Å². The summed E-state index contributed by atoms with van der Waals surface area (Å²) in [5.74, 6) is -0.0698. The van der Waals surface area contributed by atoms with Crippen LogP contribution in [0.1, 0.15) is 28.7 Å². The fourth-order valence-electron chi connectivity index (χ4n) is 3.09. The lowest BCUT2D eigenvalue weighted by atomic mass is 10.1. The van der Waals surface area contributed by atoms with Gasteiger partial charge in [-0.15, -0.1) is 12.4 Å². The molecule has 150 valence electrons. The number of fused-ring (bicyclic) bond motifs is 1. The van der Waals surface area contributed by atoms with E-state index in [-0.39, 0.29) is 30.8 Å². The van der Waals surface area contributed by atoms with Gasteiger partial charge in [0.05, 0.1) is 0 Å². The van der Waals surface area contributed by atoms with Crippen molar-refractivity contribution < 1.29 is 9.59 Å². The fourth-order valence-corrected chi connectivity index (χ4v) is 3.09. The Bertz CT molecular complexity index is 798. The molecule has 3 rings (SSSR count). The molecule has 0 saturated carbocycles. The van der Waals surface area contributed by atoms with Crippen molar-refractivity contribution in [1.29, 1.82) is 0 Å². The second-order valence-electron chi connectivity index (χ2n) is 6.81. The number of halogens is 1. The molecule has 3 amide bonds. The lowest BCUT2D eigenvalue weighted by molar-refractivity contribution is -0.121. The molecule has 0 atom stereocenters. The van der Waals surface area contributed by atoms with Gasteiger partial charge >= 0.3 is 6.03 Å². The van der Waals surface area contributed by atoms with Gasteiger partial charge in [-0.25, -0.2) is 4.79 Å². The monoisotopic (exact) mass is 402 g/mol. The Labute approximate surface area is 172 Å². The molecule has 0 aromatic heterocycles. The molecule has 0 bridgehead atoms. The van der Waals surface area contributed by atoms with Gasteiger partial charge in [0.2, 0.25) is 5.91 Å². The maximum absolute atomic E-state index is 12.1. The Hall–Kier alpha value is -2.57. The van der Waals surface area contributed by atoms with E-state index in [1.165, 1.54) is 11.1 Å². The zero-order valence-electron chi connectivity index (χ0n) is 16.0. The third-order valence-electron chi connectivity index (χ3n) is 4.63. The van der Waals surface area contributed by atoms with Crippen LogP contribution in [0.25, 0.3) is 0 Å². The van der Waals surface area contributed by atoms with E-state index in [0.29, 0.717) is 19.6 Å². The van der Waals surface area contributed by atoms with Crippen molar-refractivity contribution in [3.63, 3.8) is 0 Å². The lowest BCUT2D eigenvalue weighted by Crippen LogP contribution is -2.38. The maximum Gasteiger partial charge on any atom is 0.317 e. The molecule has 7 heteroatoms. The molecule has 1 aliphatic heterocycles. The molecule has 1 heterocycles. The summed E-state index contributed by atoms with van der Waals surface area (Å²) < 4.78 is 0. The van der Waals surface area contributed by atoms with Crippen molar-refractivity contribution in [1.82, 2.24) is 20.9 Å². The lowest BCUT2D eigenvalue weighted by Gasteiger charge is -2.18. The van der Waals surface area contributed by atoms with Gasteiger partial charge in [-0.3, -0.25) is 4.79 Å². The summed E-state index contributed by atoms with van der Waals surface area (Å²) in [7, 11) is 1.74. The second kappa shape index (κ2) is 10.7. The van der Waals surface area contributed by atoms with Crippen molar-refractivity contribution in [2.75, 3.05) is 13.6 Å². The average molecular weight is 403 g/mol. The molecule has 0 saturated heterocycles. The smallest absolute Gasteiger partial charge is 0.317 e. The van der Waals surface area contributed by atoms with Crippen LogP contribution >= 0.6 is 12.4 Å². The van der Waals surface area contributed by atoms with Gasteiger partial charge in [0, 0.05) is 46.2 Å². The Balaban J connectivity index is 0.00000280. The number of urea groups is 1. The molecule has 3 N–H and O–H groups in total. The molecule has 0 radical (unpaired) electrons. The summed E-state index contributed by atoms with van der Waals surface area (Å²) >= 11 is 0. The number of carbonyl (C=O) groups is 2. The first kappa shape index (κ1) is 21.7. The van der Waals surface area contributed by atoms with Gasteiger partial charge in [-0.2, -0.15) is 0 Å². The summed E-state index contributed by atoms with van der Waals surface area (Å²) in [6.45, 7) is 3.16. The number of hydrogen-bond donors (Lipinski definition) is 3. The first-order chi connectivity index (χ1) is 13.1. The number of amides is 3. The molecular formula is C21H27ClN4O2. The minimum atomic E-state index is -0.183. The number of benzene rings is 2. The first-order valence-electron chi connectivity index (χ1n) is 9.23. The summed E-state index contributed by atoms with van der Waals surface area (Å²) in [5.41, 5.74) is 4.79. The van der Waals surface area contributed by atoms with Gasteiger partial charge in [0.25, 0.3) is 0 Å². The van der Waals surface area contributed by atoms with Crippen LogP contribution in [0, 0.1) is 0 Å². The third kappa shape index (κ3) is 6.25.